The average molecular weight is 536 g/mol. The molecule has 0 amide bonds. The van der Waals surface area contributed by atoms with Crippen molar-refractivity contribution in [2.75, 3.05) is 40.4 Å². The number of aliphatic imine (C=N–C) groups is 1. The Morgan fingerprint density at radius 3 is 2.23 bits per heavy atom. The molecule has 0 heterocycles. The van der Waals surface area contributed by atoms with E-state index in [0.29, 0.717) is 29.5 Å². The second-order valence-electron chi connectivity index (χ2n) is 7.56. The topological polar surface area (TPSA) is 78.4 Å². The third kappa shape index (κ3) is 9.70. The molecule has 0 aromatic heterocycles. The molecule has 0 saturated heterocycles. The smallest absolute Gasteiger partial charge is 0.191 e. The third-order valence-electron chi connectivity index (χ3n) is 4.77. The quantitative estimate of drug-likeness (QED) is 0.165. The van der Waals surface area contributed by atoms with E-state index in [0.717, 1.165) is 31.6 Å². The summed E-state index contributed by atoms with van der Waals surface area (Å²) < 4.78 is 10.6. The second kappa shape index (κ2) is 15.5. The lowest BCUT2D eigenvalue weighted by molar-refractivity contribution is 0.173. The van der Waals surface area contributed by atoms with Crippen LogP contribution < -0.4 is 20.1 Å². The Balaban J connectivity index is 0.00000841. The lowest BCUT2D eigenvalue weighted by Crippen LogP contribution is -2.41. The van der Waals surface area contributed by atoms with E-state index in [1.54, 1.807) is 26.4 Å². The standard InChI is InChI=1S/C22H40N4O3.HI/c1-8-23-22(24-12-9-13-26(16(2)3)17(4)5)25-15-19(27)18-10-11-20(28-6)21(14-18)29-7;/h10-11,14,16-17,19,27H,8-9,12-13,15H2,1-7H3,(H2,23,24,25);1H. The summed E-state index contributed by atoms with van der Waals surface area (Å²) in [4.78, 5) is 7.01. The van der Waals surface area contributed by atoms with Crippen molar-refractivity contribution in [2.24, 2.45) is 4.99 Å². The van der Waals surface area contributed by atoms with Crippen molar-refractivity contribution >= 4 is 29.9 Å². The van der Waals surface area contributed by atoms with Gasteiger partial charge in [-0.3, -0.25) is 9.89 Å². The van der Waals surface area contributed by atoms with Gasteiger partial charge in [-0.25, -0.2) is 0 Å². The predicted octanol–water partition coefficient (Wildman–Crippen LogP) is 3.42. The maximum Gasteiger partial charge on any atom is 0.191 e. The molecule has 0 aliphatic rings. The highest BCUT2D eigenvalue weighted by Crippen LogP contribution is 2.30. The normalized spacial score (nSPS) is 12.7. The number of rotatable bonds is 12. The summed E-state index contributed by atoms with van der Waals surface area (Å²) in [5.74, 6) is 1.95. The third-order valence-corrected chi connectivity index (χ3v) is 4.77. The first-order valence-electron chi connectivity index (χ1n) is 10.5. The van der Waals surface area contributed by atoms with Crippen LogP contribution in [-0.4, -0.2) is 68.4 Å². The van der Waals surface area contributed by atoms with Gasteiger partial charge in [0.15, 0.2) is 17.5 Å². The maximum atomic E-state index is 10.5. The number of benzene rings is 1. The zero-order chi connectivity index (χ0) is 21.8. The van der Waals surface area contributed by atoms with Gasteiger partial charge in [-0.2, -0.15) is 0 Å². The SMILES string of the molecule is CCNC(=NCC(O)c1ccc(OC)c(OC)c1)NCCCN(C(C)C)C(C)C.I. The Bertz CT molecular complexity index is 618. The number of aliphatic hydroxyl groups is 1. The zero-order valence-electron chi connectivity index (χ0n) is 19.6. The molecule has 0 spiro atoms. The highest BCUT2D eigenvalue weighted by molar-refractivity contribution is 14.0. The van der Waals surface area contributed by atoms with Gasteiger partial charge in [0.05, 0.1) is 26.9 Å². The summed E-state index contributed by atoms with van der Waals surface area (Å²) >= 11 is 0. The Kier molecular flexibility index (Phi) is 14.9. The molecule has 1 unspecified atom stereocenters. The van der Waals surface area contributed by atoms with E-state index in [1.807, 2.05) is 13.0 Å². The first kappa shape index (κ1) is 28.7. The van der Waals surface area contributed by atoms with Crippen LogP contribution in [-0.2, 0) is 0 Å². The summed E-state index contributed by atoms with van der Waals surface area (Å²) in [5, 5.41) is 17.1. The van der Waals surface area contributed by atoms with Gasteiger partial charge in [-0.1, -0.05) is 6.07 Å². The molecule has 7 nitrogen and oxygen atoms in total. The van der Waals surface area contributed by atoms with Crippen molar-refractivity contribution in [1.82, 2.24) is 15.5 Å². The lowest BCUT2D eigenvalue weighted by atomic mass is 10.1. The molecule has 0 aliphatic carbocycles. The predicted molar refractivity (Wildman–Crippen MR) is 135 cm³/mol. The number of ether oxygens (including phenoxy) is 2. The van der Waals surface area contributed by atoms with Crippen molar-refractivity contribution in [1.29, 1.82) is 0 Å². The molecule has 3 N–H and O–H groups in total. The van der Waals surface area contributed by atoms with Crippen molar-refractivity contribution in [2.45, 2.75) is 59.2 Å². The summed E-state index contributed by atoms with van der Waals surface area (Å²) in [6.45, 7) is 13.8. The van der Waals surface area contributed by atoms with Crippen LogP contribution in [0.25, 0.3) is 0 Å². The minimum absolute atomic E-state index is 0. The lowest BCUT2D eigenvalue weighted by Gasteiger charge is -2.30. The number of nitrogens with zero attached hydrogens (tertiary/aromatic N) is 2. The van der Waals surface area contributed by atoms with Crippen LogP contribution in [0.15, 0.2) is 23.2 Å². The molecule has 0 radical (unpaired) electrons. The van der Waals surface area contributed by atoms with E-state index >= 15 is 0 Å². The van der Waals surface area contributed by atoms with E-state index < -0.39 is 6.10 Å². The van der Waals surface area contributed by atoms with Crippen LogP contribution in [0.2, 0.25) is 0 Å². The molecule has 1 aromatic carbocycles. The number of guanidine groups is 1. The molecule has 0 fully saturated rings. The number of methoxy groups -OCH3 is 2. The Hall–Kier alpha value is -1.26. The van der Waals surface area contributed by atoms with Gasteiger partial charge in [0.2, 0.25) is 0 Å². The minimum Gasteiger partial charge on any atom is -0.493 e. The van der Waals surface area contributed by atoms with Gasteiger partial charge in [-0.05, 0) is 58.7 Å². The number of halogens is 1. The number of hydrogen-bond acceptors (Lipinski definition) is 5. The van der Waals surface area contributed by atoms with Crippen molar-refractivity contribution in [3.05, 3.63) is 23.8 Å². The van der Waals surface area contributed by atoms with Crippen LogP contribution in [0.4, 0.5) is 0 Å². The first-order valence-corrected chi connectivity index (χ1v) is 10.5. The number of nitrogens with one attached hydrogen (secondary N) is 2. The number of hydrogen-bond donors (Lipinski definition) is 3. The van der Waals surface area contributed by atoms with Gasteiger partial charge in [0, 0.05) is 31.7 Å². The van der Waals surface area contributed by atoms with E-state index in [-0.39, 0.29) is 30.5 Å². The van der Waals surface area contributed by atoms with E-state index in [2.05, 4.69) is 48.2 Å². The van der Waals surface area contributed by atoms with Crippen LogP contribution in [0.3, 0.4) is 0 Å². The fourth-order valence-corrected chi connectivity index (χ4v) is 3.27. The molecule has 0 saturated carbocycles. The summed E-state index contributed by atoms with van der Waals surface area (Å²) in [5.41, 5.74) is 0.742. The van der Waals surface area contributed by atoms with Gasteiger partial charge in [-0.15, -0.1) is 24.0 Å². The maximum absolute atomic E-state index is 10.5. The highest BCUT2D eigenvalue weighted by Gasteiger charge is 2.13. The van der Waals surface area contributed by atoms with Crippen LogP contribution >= 0.6 is 24.0 Å². The molecule has 0 bridgehead atoms. The fraction of sp³-hybridized carbons (Fsp3) is 0.682. The Labute approximate surface area is 199 Å². The largest absolute Gasteiger partial charge is 0.493 e. The molecule has 1 rings (SSSR count). The monoisotopic (exact) mass is 536 g/mol. The molecule has 30 heavy (non-hydrogen) atoms. The first-order chi connectivity index (χ1) is 13.8. The summed E-state index contributed by atoms with van der Waals surface area (Å²) in [6, 6.07) is 6.47. The Morgan fingerprint density at radius 2 is 1.70 bits per heavy atom. The summed E-state index contributed by atoms with van der Waals surface area (Å²) in [7, 11) is 3.17. The van der Waals surface area contributed by atoms with Gasteiger partial charge >= 0.3 is 0 Å². The summed E-state index contributed by atoms with van der Waals surface area (Å²) in [6.07, 6.45) is 0.307. The van der Waals surface area contributed by atoms with Crippen molar-refractivity contribution in [3.63, 3.8) is 0 Å². The molecule has 1 atom stereocenters. The fourth-order valence-electron chi connectivity index (χ4n) is 3.27. The highest BCUT2D eigenvalue weighted by atomic mass is 127. The average Bonchev–Trinajstić information content (AvgIpc) is 2.70. The van der Waals surface area contributed by atoms with Gasteiger partial charge < -0.3 is 25.2 Å². The van der Waals surface area contributed by atoms with Crippen molar-refractivity contribution < 1.29 is 14.6 Å². The Morgan fingerprint density at radius 1 is 1.07 bits per heavy atom. The molecule has 174 valence electrons. The number of aliphatic hydroxyl groups excluding tert-OH is 1. The minimum atomic E-state index is -0.720. The van der Waals surface area contributed by atoms with Crippen LogP contribution in [0.5, 0.6) is 11.5 Å². The molecule has 0 aliphatic heterocycles. The van der Waals surface area contributed by atoms with Crippen molar-refractivity contribution in [3.8, 4) is 11.5 Å². The molecular weight excluding hydrogens is 495 g/mol. The zero-order valence-corrected chi connectivity index (χ0v) is 21.9. The van der Waals surface area contributed by atoms with E-state index in [4.69, 9.17) is 9.47 Å². The van der Waals surface area contributed by atoms with E-state index in [9.17, 15) is 5.11 Å². The molecule has 8 heteroatoms. The van der Waals surface area contributed by atoms with Gasteiger partial charge in [0.1, 0.15) is 0 Å². The molecular formula is C22H41IN4O3. The van der Waals surface area contributed by atoms with Gasteiger partial charge in [0.25, 0.3) is 0 Å². The van der Waals surface area contributed by atoms with Crippen LogP contribution in [0, 0.1) is 0 Å². The second-order valence-corrected chi connectivity index (χ2v) is 7.56. The van der Waals surface area contributed by atoms with E-state index in [1.165, 1.54) is 0 Å². The molecule has 1 aromatic rings. The van der Waals surface area contributed by atoms with Crippen LogP contribution in [0.1, 0.15) is 52.7 Å².